The highest BCUT2D eigenvalue weighted by molar-refractivity contribution is 5.83. The summed E-state index contributed by atoms with van der Waals surface area (Å²) < 4.78 is 5.92. The summed E-state index contributed by atoms with van der Waals surface area (Å²) in [7, 11) is 1.82. The molecule has 0 saturated carbocycles. The molecule has 2 unspecified atom stereocenters. The lowest BCUT2D eigenvalue weighted by Crippen LogP contribution is -2.13. The van der Waals surface area contributed by atoms with E-state index in [-0.39, 0.29) is 6.10 Å². The average molecular weight is 304 g/mol. The zero-order chi connectivity index (χ0) is 16.1. The van der Waals surface area contributed by atoms with Crippen molar-refractivity contribution in [2.45, 2.75) is 31.8 Å². The molecule has 1 heteroatoms. The van der Waals surface area contributed by atoms with Crippen molar-refractivity contribution in [2.75, 3.05) is 7.11 Å². The molecule has 3 aromatic carbocycles. The van der Waals surface area contributed by atoms with Crippen LogP contribution < -0.4 is 0 Å². The van der Waals surface area contributed by atoms with Gasteiger partial charge in [-0.2, -0.15) is 0 Å². The Balaban J connectivity index is 2.01. The van der Waals surface area contributed by atoms with Gasteiger partial charge in [-0.15, -0.1) is 0 Å². The molecule has 0 fully saturated rings. The van der Waals surface area contributed by atoms with Gasteiger partial charge in [0.15, 0.2) is 0 Å². The third-order valence-corrected chi connectivity index (χ3v) is 4.55. The van der Waals surface area contributed by atoms with Gasteiger partial charge in [-0.3, -0.25) is 0 Å². The Morgan fingerprint density at radius 2 is 1.48 bits per heavy atom. The van der Waals surface area contributed by atoms with Gasteiger partial charge in [-0.25, -0.2) is 0 Å². The highest BCUT2D eigenvalue weighted by Crippen LogP contribution is 2.38. The fraction of sp³-hybridized carbons (Fsp3) is 0.273. The van der Waals surface area contributed by atoms with Crippen LogP contribution in [-0.2, 0) is 4.74 Å². The van der Waals surface area contributed by atoms with Crippen LogP contribution in [0.1, 0.15) is 42.9 Å². The third-order valence-electron chi connectivity index (χ3n) is 4.55. The van der Waals surface area contributed by atoms with E-state index in [4.69, 9.17) is 4.74 Å². The number of hydrogen-bond acceptors (Lipinski definition) is 1. The van der Waals surface area contributed by atoms with Gasteiger partial charge < -0.3 is 4.74 Å². The predicted molar refractivity (Wildman–Crippen MR) is 97.8 cm³/mol. The van der Waals surface area contributed by atoms with E-state index in [1.54, 1.807) is 0 Å². The van der Waals surface area contributed by atoms with Crippen molar-refractivity contribution < 1.29 is 4.74 Å². The summed E-state index contributed by atoms with van der Waals surface area (Å²) in [5.74, 6) is 0.372. The minimum Gasteiger partial charge on any atom is -0.376 e. The Labute approximate surface area is 138 Å². The summed E-state index contributed by atoms with van der Waals surface area (Å²) in [6.07, 6.45) is 2.35. The number of methoxy groups -OCH3 is 1. The SMILES string of the molecule is CCCC(c1ccc2ccccc2c1)C(OC)c1ccccc1. The third kappa shape index (κ3) is 3.46. The van der Waals surface area contributed by atoms with Crippen LogP contribution in [0.4, 0.5) is 0 Å². The van der Waals surface area contributed by atoms with Gasteiger partial charge in [-0.1, -0.05) is 86.1 Å². The molecule has 23 heavy (non-hydrogen) atoms. The molecular formula is C22H24O. The molecule has 0 aliphatic carbocycles. The lowest BCUT2D eigenvalue weighted by molar-refractivity contribution is 0.0754. The van der Waals surface area contributed by atoms with Gasteiger partial charge in [0, 0.05) is 13.0 Å². The molecule has 3 rings (SSSR count). The van der Waals surface area contributed by atoms with Crippen molar-refractivity contribution in [1.29, 1.82) is 0 Å². The lowest BCUT2D eigenvalue weighted by atomic mass is 9.85. The van der Waals surface area contributed by atoms with Gasteiger partial charge in [0.05, 0.1) is 6.10 Å². The molecule has 1 nitrogen and oxygen atoms in total. The van der Waals surface area contributed by atoms with Crippen LogP contribution in [0.2, 0.25) is 0 Å². The topological polar surface area (TPSA) is 9.23 Å². The van der Waals surface area contributed by atoms with Gasteiger partial charge >= 0.3 is 0 Å². The maximum Gasteiger partial charge on any atom is 0.0889 e. The van der Waals surface area contributed by atoms with E-state index in [1.165, 1.54) is 21.9 Å². The fourth-order valence-corrected chi connectivity index (χ4v) is 3.42. The number of fused-ring (bicyclic) bond motifs is 1. The second-order valence-electron chi connectivity index (χ2n) is 6.07. The smallest absolute Gasteiger partial charge is 0.0889 e. The van der Waals surface area contributed by atoms with E-state index in [1.807, 2.05) is 7.11 Å². The van der Waals surface area contributed by atoms with Crippen LogP contribution in [0.25, 0.3) is 10.8 Å². The minimum atomic E-state index is 0.0947. The first-order valence-electron chi connectivity index (χ1n) is 8.40. The van der Waals surface area contributed by atoms with E-state index in [9.17, 15) is 0 Å². The summed E-state index contributed by atoms with van der Waals surface area (Å²) in [6, 6.07) is 25.9. The molecule has 0 aromatic heterocycles. The first kappa shape index (κ1) is 15.8. The molecular weight excluding hydrogens is 280 g/mol. The fourth-order valence-electron chi connectivity index (χ4n) is 3.42. The Hall–Kier alpha value is -2.12. The highest BCUT2D eigenvalue weighted by Gasteiger charge is 2.24. The van der Waals surface area contributed by atoms with Crippen molar-refractivity contribution in [1.82, 2.24) is 0 Å². The highest BCUT2D eigenvalue weighted by atomic mass is 16.5. The molecule has 0 aliphatic heterocycles. The van der Waals surface area contributed by atoms with Crippen LogP contribution in [-0.4, -0.2) is 7.11 Å². The summed E-state index contributed by atoms with van der Waals surface area (Å²) in [5.41, 5.74) is 2.61. The van der Waals surface area contributed by atoms with Gasteiger partial charge in [0.1, 0.15) is 0 Å². The van der Waals surface area contributed by atoms with E-state index in [2.05, 4.69) is 79.7 Å². The molecule has 118 valence electrons. The molecule has 0 saturated heterocycles. The molecule has 0 radical (unpaired) electrons. The van der Waals surface area contributed by atoms with Gasteiger partial charge in [0.25, 0.3) is 0 Å². The van der Waals surface area contributed by atoms with Crippen LogP contribution >= 0.6 is 0 Å². The molecule has 0 bridgehead atoms. The standard InChI is InChI=1S/C22H24O/c1-3-9-21(22(23-2)18-11-5-4-6-12-18)20-15-14-17-10-7-8-13-19(17)16-20/h4-8,10-16,21-22H,3,9H2,1-2H3. The van der Waals surface area contributed by atoms with Gasteiger partial charge in [0.2, 0.25) is 0 Å². The average Bonchev–Trinajstić information content (AvgIpc) is 2.62. The van der Waals surface area contributed by atoms with Crippen molar-refractivity contribution in [3.05, 3.63) is 83.9 Å². The first-order chi connectivity index (χ1) is 11.3. The van der Waals surface area contributed by atoms with Crippen molar-refractivity contribution in [3.8, 4) is 0 Å². The molecule has 0 N–H and O–H groups in total. The van der Waals surface area contributed by atoms with Crippen molar-refractivity contribution >= 4 is 10.8 Å². The molecule has 0 heterocycles. The summed E-state index contributed by atoms with van der Waals surface area (Å²) >= 11 is 0. The summed E-state index contributed by atoms with van der Waals surface area (Å²) in [6.45, 7) is 2.24. The summed E-state index contributed by atoms with van der Waals surface area (Å²) in [4.78, 5) is 0. The van der Waals surface area contributed by atoms with E-state index >= 15 is 0 Å². The Morgan fingerprint density at radius 3 is 2.17 bits per heavy atom. The number of hydrogen-bond donors (Lipinski definition) is 0. The molecule has 0 amide bonds. The van der Waals surface area contributed by atoms with Crippen molar-refractivity contribution in [2.24, 2.45) is 0 Å². The molecule has 0 aliphatic rings. The maximum absolute atomic E-state index is 5.92. The van der Waals surface area contributed by atoms with E-state index in [0.29, 0.717) is 5.92 Å². The maximum atomic E-state index is 5.92. The molecule has 2 atom stereocenters. The summed E-state index contributed by atoms with van der Waals surface area (Å²) in [5, 5.41) is 2.59. The zero-order valence-electron chi connectivity index (χ0n) is 13.9. The van der Waals surface area contributed by atoms with Crippen molar-refractivity contribution in [3.63, 3.8) is 0 Å². The predicted octanol–water partition coefficient (Wildman–Crippen LogP) is 6.11. The Morgan fingerprint density at radius 1 is 0.783 bits per heavy atom. The van der Waals surface area contributed by atoms with Crippen LogP contribution in [0.5, 0.6) is 0 Å². The number of rotatable bonds is 6. The molecule has 0 spiro atoms. The lowest BCUT2D eigenvalue weighted by Gasteiger charge is -2.27. The quantitative estimate of drug-likeness (QED) is 0.533. The Bertz CT molecular complexity index is 748. The van der Waals surface area contributed by atoms with Crippen LogP contribution in [0, 0.1) is 0 Å². The zero-order valence-corrected chi connectivity index (χ0v) is 13.9. The number of ether oxygens (including phenoxy) is 1. The van der Waals surface area contributed by atoms with E-state index in [0.717, 1.165) is 12.8 Å². The largest absolute Gasteiger partial charge is 0.376 e. The second-order valence-corrected chi connectivity index (χ2v) is 6.07. The van der Waals surface area contributed by atoms with Crippen LogP contribution in [0.15, 0.2) is 72.8 Å². The number of benzene rings is 3. The second kappa shape index (κ2) is 7.43. The van der Waals surface area contributed by atoms with Crippen LogP contribution in [0.3, 0.4) is 0 Å². The van der Waals surface area contributed by atoms with E-state index < -0.39 is 0 Å². The Kier molecular flexibility index (Phi) is 5.09. The first-order valence-corrected chi connectivity index (χ1v) is 8.40. The minimum absolute atomic E-state index is 0.0947. The normalized spacial score (nSPS) is 13.8. The van der Waals surface area contributed by atoms with Gasteiger partial charge in [-0.05, 0) is 28.3 Å². The monoisotopic (exact) mass is 304 g/mol. The molecule has 3 aromatic rings.